The molecule has 1 aromatic heterocycles. The van der Waals surface area contributed by atoms with E-state index >= 15 is 0 Å². The molecule has 0 unspecified atom stereocenters. The van der Waals surface area contributed by atoms with Crippen molar-refractivity contribution in [1.29, 1.82) is 0 Å². The summed E-state index contributed by atoms with van der Waals surface area (Å²) in [6.45, 7) is 1.93. The maximum Gasteiger partial charge on any atom is 0.213 e. The molecule has 3 nitrogen and oxygen atoms in total. The number of aliphatic hydroxyl groups is 2. The lowest BCUT2D eigenvalue weighted by molar-refractivity contribution is -0.665. The van der Waals surface area contributed by atoms with Crippen molar-refractivity contribution in [2.45, 2.75) is 20.1 Å². The van der Waals surface area contributed by atoms with Crippen LogP contribution in [0.3, 0.4) is 0 Å². The van der Waals surface area contributed by atoms with Gasteiger partial charge in [-0.25, -0.2) is 0 Å². The number of hydrogen-bond acceptors (Lipinski definition) is 2. The van der Waals surface area contributed by atoms with Gasteiger partial charge in [-0.15, -0.1) is 0 Å². The van der Waals surface area contributed by atoms with E-state index in [0.717, 1.165) is 38.9 Å². The number of aliphatic hydroxyl groups excluding tert-OH is 2. The first-order valence-corrected chi connectivity index (χ1v) is 11.5. The predicted molar refractivity (Wildman–Crippen MR) is 138 cm³/mol. The molecule has 0 bridgehead atoms. The molecule has 0 radical (unpaired) electrons. The Hall–Kier alpha value is -3.06. The lowest BCUT2D eigenvalue weighted by atomic mass is 9.96. The number of hydrogen-bond donors (Lipinski definition) is 2. The maximum absolute atomic E-state index is 9.76. The second-order valence-electron chi connectivity index (χ2n) is 8.72. The van der Waals surface area contributed by atoms with Crippen molar-refractivity contribution in [1.82, 2.24) is 0 Å². The van der Waals surface area contributed by atoms with Gasteiger partial charge in [-0.3, -0.25) is 0 Å². The van der Waals surface area contributed by atoms with Gasteiger partial charge < -0.3 is 34.2 Å². The second kappa shape index (κ2) is 10.7. The molecule has 0 amide bonds. The second-order valence-corrected chi connectivity index (χ2v) is 8.72. The molecule has 1 heterocycles. The SMILES string of the molecule is Cc1c2cc(CO)c(CO)cc2cc(-c2cccc(-c3ccc(-c4ccccc4)cc3)c2)[n+]1C.[I-]. The zero-order valence-electron chi connectivity index (χ0n) is 19.9. The Labute approximate surface area is 223 Å². The first-order chi connectivity index (χ1) is 16.6. The van der Waals surface area contributed by atoms with E-state index in [0.29, 0.717) is 0 Å². The van der Waals surface area contributed by atoms with Crippen molar-refractivity contribution in [3.05, 3.63) is 114 Å². The summed E-state index contributed by atoms with van der Waals surface area (Å²) in [5.41, 5.74) is 9.66. The van der Waals surface area contributed by atoms with Crippen LogP contribution >= 0.6 is 0 Å². The Kier molecular flexibility index (Phi) is 7.65. The van der Waals surface area contributed by atoms with Gasteiger partial charge in [-0.2, -0.15) is 4.57 Å². The Bertz CT molecular complexity index is 1480. The van der Waals surface area contributed by atoms with Crippen molar-refractivity contribution in [2.75, 3.05) is 0 Å². The largest absolute Gasteiger partial charge is 1.00 e. The van der Waals surface area contributed by atoms with Gasteiger partial charge in [0.2, 0.25) is 5.69 Å². The van der Waals surface area contributed by atoms with Crippen LogP contribution in [-0.4, -0.2) is 10.2 Å². The highest BCUT2D eigenvalue weighted by atomic mass is 127. The molecule has 4 heteroatoms. The van der Waals surface area contributed by atoms with Crippen molar-refractivity contribution >= 4 is 10.8 Å². The highest BCUT2D eigenvalue weighted by Gasteiger charge is 2.18. The molecular weight excluding hydrogens is 545 g/mol. The zero-order valence-corrected chi connectivity index (χ0v) is 22.0. The van der Waals surface area contributed by atoms with Crippen LogP contribution in [0.1, 0.15) is 16.8 Å². The van der Waals surface area contributed by atoms with Crippen LogP contribution in [0.4, 0.5) is 0 Å². The lowest BCUT2D eigenvalue weighted by Gasteiger charge is -2.12. The van der Waals surface area contributed by atoms with Crippen molar-refractivity contribution in [2.24, 2.45) is 7.05 Å². The van der Waals surface area contributed by atoms with Gasteiger partial charge in [0.1, 0.15) is 7.05 Å². The molecule has 0 aliphatic carbocycles. The first-order valence-electron chi connectivity index (χ1n) is 11.5. The Morgan fingerprint density at radius 2 is 1.14 bits per heavy atom. The first kappa shape index (κ1) is 25.0. The topological polar surface area (TPSA) is 44.3 Å². The third-order valence-corrected chi connectivity index (χ3v) is 6.74. The summed E-state index contributed by atoms with van der Waals surface area (Å²) in [6.07, 6.45) is 0. The van der Waals surface area contributed by atoms with E-state index in [1.54, 1.807) is 0 Å². The minimum Gasteiger partial charge on any atom is -1.00 e. The van der Waals surface area contributed by atoms with Crippen molar-refractivity contribution < 1.29 is 38.8 Å². The minimum atomic E-state index is -0.0876. The number of benzene rings is 4. The molecule has 0 atom stereocenters. The molecule has 5 rings (SSSR count). The molecule has 0 aliphatic rings. The molecule has 4 aromatic carbocycles. The summed E-state index contributed by atoms with van der Waals surface area (Å²) in [5, 5.41) is 21.6. The fourth-order valence-corrected chi connectivity index (χ4v) is 4.66. The smallest absolute Gasteiger partial charge is 0.213 e. The van der Waals surface area contributed by atoms with Crippen LogP contribution in [0.15, 0.2) is 97.1 Å². The number of aryl methyl sites for hydroxylation is 1. The van der Waals surface area contributed by atoms with Gasteiger partial charge in [0.25, 0.3) is 0 Å². The third kappa shape index (κ3) is 4.87. The molecule has 0 saturated carbocycles. The highest BCUT2D eigenvalue weighted by Crippen LogP contribution is 2.30. The normalized spacial score (nSPS) is 10.9. The molecule has 35 heavy (non-hydrogen) atoms. The summed E-state index contributed by atoms with van der Waals surface area (Å²) in [6, 6.07) is 33.9. The lowest BCUT2D eigenvalue weighted by Crippen LogP contribution is -3.00. The van der Waals surface area contributed by atoms with Gasteiger partial charge in [-0.05, 0) is 63.0 Å². The van der Waals surface area contributed by atoms with Crippen LogP contribution in [0, 0.1) is 6.92 Å². The summed E-state index contributed by atoms with van der Waals surface area (Å²) in [4.78, 5) is 0. The number of pyridine rings is 1. The van der Waals surface area contributed by atoms with Gasteiger partial charge in [0.05, 0.1) is 13.2 Å². The van der Waals surface area contributed by atoms with Crippen LogP contribution in [0.5, 0.6) is 0 Å². The molecule has 0 spiro atoms. The Morgan fingerprint density at radius 3 is 1.80 bits per heavy atom. The average Bonchev–Trinajstić information content (AvgIpc) is 2.90. The van der Waals surface area contributed by atoms with E-state index in [1.807, 2.05) is 18.2 Å². The van der Waals surface area contributed by atoms with Crippen molar-refractivity contribution in [3.63, 3.8) is 0 Å². The minimum absolute atomic E-state index is 0. The summed E-state index contributed by atoms with van der Waals surface area (Å²) >= 11 is 0. The molecular formula is C31H28INO2. The molecule has 2 N–H and O–H groups in total. The molecule has 5 aromatic rings. The van der Waals surface area contributed by atoms with Gasteiger partial charge in [0, 0.05) is 23.9 Å². The monoisotopic (exact) mass is 573 g/mol. The van der Waals surface area contributed by atoms with Crippen LogP contribution in [0.2, 0.25) is 0 Å². The summed E-state index contributed by atoms with van der Waals surface area (Å²) < 4.78 is 2.19. The number of rotatable bonds is 5. The average molecular weight is 573 g/mol. The molecule has 0 saturated heterocycles. The number of nitrogens with zero attached hydrogens (tertiary/aromatic N) is 1. The molecule has 176 valence electrons. The van der Waals surface area contributed by atoms with E-state index < -0.39 is 0 Å². The number of fused-ring (bicyclic) bond motifs is 1. The molecule has 0 fully saturated rings. The van der Waals surface area contributed by atoms with Crippen molar-refractivity contribution in [3.8, 4) is 33.5 Å². The zero-order chi connectivity index (χ0) is 23.7. The standard InChI is InChI=1S/C31H28NO2.HI/c1-21-30-17-29(20-34)28(19-33)16-27(30)18-31(32(21)2)26-10-6-9-25(15-26)24-13-11-23(12-14-24)22-7-4-3-5-8-22;/h3-18,33-34H,19-20H2,1-2H3;1H/q+1;/p-1. The predicted octanol–water partition coefficient (Wildman–Crippen LogP) is 2.96. The summed E-state index contributed by atoms with van der Waals surface area (Å²) in [5.74, 6) is 0. The van der Waals surface area contributed by atoms with E-state index in [2.05, 4.69) is 97.4 Å². The molecule has 0 aliphatic heterocycles. The number of aromatic nitrogens is 1. The highest BCUT2D eigenvalue weighted by molar-refractivity contribution is 5.88. The summed E-state index contributed by atoms with van der Waals surface area (Å²) in [7, 11) is 2.07. The quantitative estimate of drug-likeness (QED) is 0.251. The number of halogens is 1. The van der Waals surface area contributed by atoms with Gasteiger partial charge in [0.15, 0.2) is 5.69 Å². The fourth-order valence-electron chi connectivity index (χ4n) is 4.66. The van der Waals surface area contributed by atoms with Crippen LogP contribution in [0.25, 0.3) is 44.3 Å². The van der Waals surface area contributed by atoms with E-state index in [-0.39, 0.29) is 37.2 Å². The fraction of sp³-hybridized carbons (Fsp3) is 0.129. The van der Waals surface area contributed by atoms with Crippen LogP contribution in [-0.2, 0) is 20.3 Å². The van der Waals surface area contributed by atoms with E-state index in [9.17, 15) is 10.2 Å². The van der Waals surface area contributed by atoms with Gasteiger partial charge in [-0.1, -0.05) is 66.7 Å². The Morgan fingerprint density at radius 1 is 0.600 bits per heavy atom. The van der Waals surface area contributed by atoms with E-state index in [1.165, 1.54) is 22.3 Å². The van der Waals surface area contributed by atoms with Gasteiger partial charge >= 0.3 is 0 Å². The maximum atomic E-state index is 9.76. The Balaban J connectivity index is 0.00000289. The third-order valence-electron chi connectivity index (χ3n) is 6.74. The van der Waals surface area contributed by atoms with E-state index in [4.69, 9.17) is 0 Å². The van der Waals surface area contributed by atoms with Crippen LogP contribution < -0.4 is 28.5 Å².